The van der Waals surface area contributed by atoms with Crippen molar-refractivity contribution in [3.05, 3.63) is 42.0 Å². The number of Topliss-reactive ketones (excluding diaryl/α,β-unsaturated/α-hetero) is 1. The van der Waals surface area contributed by atoms with E-state index in [1.54, 1.807) is 7.11 Å². The zero-order valence-electron chi connectivity index (χ0n) is 11.9. The summed E-state index contributed by atoms with van der Waals surface area (Å²) in [7, 11) is 1.69. The molecular weight excluding hydrogens is 248 g/mol. The Kier molecular flexibility index (Phi) is 3.72. The first-order chi connectivity index (χ1) is 9.74. The Balaban J connectivity index is 1.77. The fraction of sp³-hybridized carbons (Fsp3) is 0.389. The molecule has 104 valence electrons. The lowest BCUT2D eigenvalue weighted by Crippen LogP contribution is -2.15. The highest BCUT2D eigenvalue weighted by Gasteiger charge is 2.18. The van der Waals surface area contributed by atoms with Gasteiger partial charge in [0.2, 0.25) is 0 Å². The van der Waals surface area contributed by atoms with Crippen molar-refractivity contribution in [2.45, 2.75) is 32.1 Å². The molecule has 3 rings (SSSR count). The molecule has 0 aliphatic heterocycles. The van der Waals surface area contributed by atoms with E-state index in [0.29, 0.717) is 11.7 Å². The number of rotatable bonds is 3. The van der Waals surface area contributed by atoms with Crippen LogP contribution in [0.2, 0.25) is 0 Å². The third-order valence-electron chi connectivity index (χ3n) is 4.30. The van der Waals surface area contributed by atoms with Crippen molar-refractivity contribution >= 4 is 16.6 Å². The molecule has 20 heavy (non-hydrogen) atoms. The highest BCUT2D eigenvalue weighted by Crippen LogP contribution is 2.27. The van der Waals surface area contributed by atoms with Gasteiger partial charge in [0.05, 0.1) is 7.11 Å². The second-order valence-corrected chi connectivity index (χ2v) is 5.73. The Morgan fingerprint density at radius 2 is 1.75 bits per heavy atom. The Hall–Kier alpha value is -1.83. The lowest BCUT2D eigenvalue weighted by molar-refractivity contribution is -0.121. The molecule has 0 atom stereocenters. The van der Waals surface area contributed by atoms with E-state index in [9.17, 15) is 4.79 Å². The predicted molar refractivity (Wildman–Crippen MR) is 81.2 cm³/mol. The molecular formula is C18H20O2. The maximum atomic E-state index is 11.3. The molecule has 1 aliphatic carbocycles. The summed E-state index contributed by atoms with van der Waals surface area (Å²) < 4.78 is 5.25. The Labute approximate surface area is 119 Å². The summed E-state index contributed by atoms with van der Waals surface area (Å²) >= 11 is 0. The SMILES string of the molecule is COc1ccc2cc(CC3CCC(=O)CC3)ccc2c1. The van der Waals surface area contributed by atoms with E-state index < -0.39 is 0 Å². The fourth-order valence-electron chi connectivity index (χ4n) is 3.06. The highest BCUT2D eigenvalue weighted by molar-refractivity contribution is 5.84. The summed E-state index contributed by atoms with van der Waals surface area (Å²) in [5.74, 6) is 2.01. The number of benzene rings is 2. The first-order valence-electron chi connectivity index (χ1n) is 7.33. The lowest BCUT2D eigenvalue weighted by atomic mass is 9.84. The van der Waals surface area contributed by atoms with Crippen LogP contribution >= 0.6 is 0 Å². The molecule has 2 aromatic rings. The van der Waals surface area contributed by atoms with Gasteiger partial charge in [-0.2, -0.15) is 0 Å². The number of carbonyl (C=O) groups is 1. The van der Waals surface area contributed by atoms with E-state index in [4.69, 9.17) is 4.74 Å². The molecule has 0 saturated heterocycles. The zero-order chi connectivity index (χ0) is 13.9. The molecule has 0 spiro atoms. The third kappa shape index (κ3) is 2.84. The van der Waals surface area contributed by atoms with Crippen LogP contribution in [0.25, 0.3) is 10.8 Å². The van der Waals surface area contributed by atoms with Crippen molar-refractivity contribution < 1.29 is 9.53 Å². The minimum Gasteiger partial charge on any atom is -0.497 e. The maximum absolute atomic E-state index is 11.3. The van der Waals surface area contributed by atoms with Gasteiger partial charge in [-0.25, -0.2) is 0 Å². The van der Waals surface area contributed by atoms with Gasteiger partial charge in [-0.1, -0.05) is 24.3 Å². The molecule has 1 fully saturated rings. The van der Waals surface area contributed by atoms with Crippen LogP contribution in [0.4, 0.5) is 0 Å². The summed E-state index contributed by atoms with van der Waals surface area (Å²) in [6.07, 6.45) is 4.75. The maximum Gasteiger partial charge on any atom is 0.132 e. The normalized spacial score (nSPS) is 16.6. The van der Waals surface area contributed by atoms with Crippen LogP contribution in [0.3, 0.4) is 0 Å². The van der Waals surface area contributed by atoms with E-state index in [1.807, 2.05) is 6.07 Å². The van der Waals surface area contributed by atoms with Crippen molar-refractivity contribution in [2.75, 3.05) is 7.11 Å². The van der Waals surface area contributed by atoms with E-state index >= 15 is 0 Å². The van der Waals surface area contributed by atoms with Gasteiger partial charge in [-0.15, -0.1) is 0 Å². The number of carbonyl (C=O) groups excluding carboxylic acids is 1. The van der Waals surface area contributed by atoms with Crippen molar-refractivity contribution in [1.29, 1.82) is 0 Å². The largest absolute Gasteiger partial charge is 0.497 e. The Morgan fingerprint density at radius 3 is 2.50 bits per heavy atom. The van der Waals surface area contributed by atoms with Crippen LogP contribution in [0.5, 0.6) is 5.75 Å². The number of ether oxygens (including phenoxy) is 1. The van der Waals surface area contributed by atoms with Gasteiger partial charge in [-0.05, 0) is 53.6 Å². The lowest BCUT2D eigenvalue weighted by Gasteiger charge is -2.21. The van der Waals surface area contributed by atoms with Crippen molar-refractivity contribution in [3.63, 3.8) is 0 Å². The topological polar surface area (TPSA) is 26.3 Å². The minimum absolute atomic E-state index is 0.437. The first-order valence-corrected chi connectivity index (χ1v) is 7.33. The summed E-state index contributed by atoms with van der Waals surface area (Å²) in [4.78, 5) is 11.3. The number of hydrogen-bond donors (Lipinski definition) is 0. The number of hydrogen-bond acceptors (Lipinski definition) is 2. The molecule has 0 radical (unpaired) electrons. The minimum atomic E-state index is 0.437. The summed E-state index contributed by atoms with van der Waals surface area (Å²) in [5.41, 5.74) is 1.38. The summed E-state index contributed by atoms with van der Waals surface area (Å²) in [5, 5.41) is 2.47. The average molecular weight is 268 g/mol. The molecule has 0 aromatic heterocycles. The molecule has 0 heterocycles. The van der Waals surface area contributed by atoms with Crippen molar-refractivity contribution in [1.82, 2.24) is 0 Å². The fourth-order valence-corrected chi connectivity index (χ4v) is 3.06. The van der Waals surface area contributed by atoms with Crippen LogP contribution in [0, 0.1) is 5.92 Å². The number of methoxy groups -OCH3 is 1. The molecule has 1 aliphatic rings. The van der Waals surface area contributed by atoms with Crippen LogP contribution in [-0.4, -0.2) is 12.9 Å². The average Bonchev–Trinajstić information content (AvgIpc) is 2.49. The molecule has 2 aromatic carbocycles. The van der Waals surface area contributed by atoms with Crippen LogP contribution in [-0.2, 0) is 11.2 Å². The van der Waals surface area contributed by atoms with E-state index in [2.05, 4.69) is 30.3 Å². The van der Waals surface area contributed by atoms with Gasteiger partial charge < -0.3 is 4.74 Å². The summed E-state index contributed by atoms with van der Waals surface area (Å²) in [6.45, 7) is 0. The predicted octanol–water partition coefficient (Wildman–Crippen LogP) is 4.15. The van der Waals surface area contributed by atoms with Crippen LogP contribution in [0.15, 0.2) is 36.4 Å². The standard InChI is InChI=1S/C18H20O2/c1-20-18-9-6-15-11-14(2-5-16(15)12-18)10-13-3-7-17(19)8-4-13/h2,5-6,9,11-13H,3-4,7-8,10H2,1H3. The van der Waals surface area contributed by atoms with Gasteiger partial charge in [-0.3, -0.25) is 4.79 Å². The van der Waals surface area contributed by atoms with Crippen molar-refractivity contribution in [2.24, 2.45) is 5.92 Å². The van der Waals surface area contributed by atoms with E-state index in [-0.39, 0.29) is 0 Å². The van der Waals surface area contributed by atoms with Gasteiger partial charge in [0, 0.05) is 12.8 Å². The molecule has 0 unspecified atom stereocenters. The zero-order valence-corrected chi connectivity index (χ0v) is 11.9. The molecule has 0 N–H and O–H groups in total. The monoisotopic (exact) mass is 268 g/mol. The summed E-state index contributed by atoms with van der Waals surface area (Å²) in [6, 6.07) is 12.8. The quantitative estimate of drug-likeness (QED) is 0.836. The smallest absolute Gasteiger partial charge is 0.132 e. The Bertz CT molecular complexity index is 620. The molecule has 2 heteroatoms. The van der Waals surface area contributed by atoms with Crippen molar-refractivity contribution in [3.8, 4) is 5.75 Å². The second kappa shape index (κ2) is 5.66. The number of fused-ring (bicyclic) bond motifs is 1. The van der Waals surface area contributed by atoms with Gasteiger partial charge in [0.15, 0.2) is 0 Å². The first kappa shape index (κ1) is 13.2. The van der Waals surface area contributed by atoms with E-state index in [1.165, 1.54) is 16.3 Å². The molecule has 0 bridgehead atoms. The molecule has 2 nitrogen and oxygen atoms in total. The molecule has 0 amide bonds. The highest BCUT2D eigenvalue weighted by atomic mass is 16.5. The third-order valence-corrected chi connectivity index (χ3v) is 4.30. The second-order valence-electron chi connectivity index (χ2n) is 5.73. The van der Waals surface area contributed by atoms with Crippen LogP contribution in [0.1, 0.15) is 31.2 Å². The van der Waals surface area contributed by atoms with Gasteiger partial charge in [0.25, 0.3) is 0 Å². The van der Waals surface area contributed by atoms with Gasteiger partial charge >= 0.3 is 0 Å². The number of ketones is 1. The molecule has 1 saturated carbocycles. The van der Waals surface area contributed by atoms with E-state index in [0.717, 1.165) is 37.9 Å². The van der Waals surface area contributed by atoms with Crippen LogP contribution < -0.4 is 4.74 Å². The van der Waals surface area contributed by atoms with Gasteiger partial charge in [0.1, 0.15) is 11.5 Å². The Morgan fingerprint density at radius 1 is 1.05 bits per heavy atom.